The molecule has 0 aliphatic rings. The van der Waals surface area contributed by atoms with Crippen molar-refractivity contribution in [3.05, 3.63) is 11.8 Å². The third-order valence-electron chi connectivity index (χ3n) is 4.80. The molecule has 2 aromatic heterocycles. The molecule has 15 N–H and O–H groups in total. The van der Waals surface area contributed by atoms with E-state index in [0.29, 0.717) is 63.1 Å². The second-order valence-corrected chi connectivity index (χ2v) is 8.52. The number of anilines is 2. The van der Waals surface area contributed by atoms with E-state index < -0.39 is 0 Å². The Bertz CT molecular complexity index is 1090. The van der Waals surface area contributed by atoms with Crippen LogP contribution in [0.5, 0.6) is 0 Å². The van der Waals surface area contributed by atoms with E-state index in [-0.39, 0.29) is 93.5 Å². The molecular formula is C26H52KN13O11. The Kier molecular flexibility index (Phi) is 56.5. The minimum absolute atomic E-state index is 0. The van der Waals surface area contributed by atoms with Gasteiger partial charge in [-0.05, 0) is 45.4 Å². The van der Waals surface area contributed by atoms with Crippen molar-refractivity contribution in [1.29, 1.82) is 5.26 Å². The van der Waals surface area contributed by atoms with E-state index in [9.17, 15) is 19.2 Å². The number of Topliss-reactive ketones (excluding diaryl/α,β-unsaturated/α-hetero) is 1. The smallest absolute Gasteiger partial charge is 0.662 e. The summed E-state index contributed by atoms with van der Waals surface area (Å²) in [5.41, 5.74) is 14.6. The predicted octanol–water partition coefficient (Wildman–Crippen LogP) is -5.59. The van der Waals surface area contributed by atoms with Gasteiger partial charge in [-0.2, -0.15) is 5.26 Å². The molecule has 0 spiro atoms. The fourth-order valence-electron chi connectivity index (χ4n) is 2.75. The number of hydrazine groups is 3. The summed E-state index contributed by atoms with van der Waals surface area (Å²) in [5.74, 6) is 18.3. The average Bonchev–Trinajstić information content (AvgIpc) is 3.75. The normalized spacial score (nSPS) is 8.33. The molecule has 0 radical (unpaired) electrons. The molecule has 51 heavy (non-hydrogen) atoms. The molecule has 2 amide bonds. The Hall–Kier alpha value is -3.68. The fourth-order valence-corrected chi connectivity index (χ4v) is 2.75. The topological polar surface area (TPSA) is 429 Å². The average molecular weight is 762 g/mol. The van der Waals surface area contributed by atoms with E-state index in [1.54, 1.807) is 13.0 Å². The van der Waals surface area contributed by atoms with Gasteiger partial charge in [-0.15, -0.1) is 10.2 Å². The number of amides is 2. The molecule has 0 saturated heterocycles. The first-order valence-electron chi connectivity index (χ1n) is 14.5. The van der Waals surface area contributed by atoms with Crippen molar-refractivity contribution in [2.75, 3.05) is 25.7 Å². The number of esters is 1. The maximum Gasteiger partial charge on any atom is 1.00 e. The first-order valence-corrected chi connectivity index (χ1v) is 14.5. The summed E-state index contributed by atoms with van der Waals surface area (Å²) in [6.45, 7) is 2.80. The minimum Gasteiger partial charge on any atom is -0.662 e. The van der Waals surface area contributed by atoms with Crippen LogP contribution in [0.2, 0.25) is 0 Å². The number of nitrogens with two attached hydrogens (primary N) is 6. The van der Waals surface area contributed by atoms with E-state index in [2.05, 4.69) is 41.7 Å². The molecule has 24 nitrogen and oxygen atoms in total. The number of ketones is 1. The zero-order valence-corrected chi connectivity index (χ0v) is 32.9. The second kappa shape index (κ2) is 48.4. The van der Waals surface area contributed by atoms with Gasteiger partial charge in [0.1, 0.15) is 5.78 Å². The van der Waals surface area contributed by atoms with Crippen molar-refractivity contribution >= 4 is 42.1 Å². The molecule has 2 aromatic rings. The Morgan fingerprint density at radius 2 is 1.16 bits per heavy atom. The van der Waals surface area contributed by atoms with Crippen LogP contribution >= 0.6 is 0 Å². The number of hydrogen-bond acceptors (Lipinski definition) is 22. The molecule has 2 heterocycles. The first kappa shape index (κ1) is 59.5. The van der Waals surface area contributed by atoms with Crippen LogP contribution in [0.1, 0.15) is 89.8 Å². The summed E-state index contributed by atoms with van der Waals surface area (Å²) in [4.78, 5) is 53.4. The number of aliphatic hydroxyl groups is 1. The first-order chi connectivity index (χ1) is 23.9. The van der Waals surface area contributed by atoms with Gasteiger partial charge >= 0.3 is 69.4 Å². The Morgan fingerprint density at radius 3 is 1.41 bits per heavy atom. The summed E-state index contributed by atoms with van der Waals surface area (Å²) in [7, 11) is 2.37. The number of carbonyl (C=O) groups is 5. The molecule has 0 fully saturated rings. The quantitative estimate of drug-likeness (QED) is 0.0112. The van der Waals surface area contributed by atoms with Gasteiger partial charge in [0, 0.05) is 52.6 Å². The molecule has 0 aliphatic carbocycles. The number of ether oxygens (including phenoxy) is 1. The van der Waals surface area contributed by atoms with Crippen LogP contribution in [-0.4, -0.2) is 69.8 Å². The molecule has 288 valence electrons. The van der Waals surface area contributed by atoms with Crippen LogP contribution in [0.4, 0.5) is 12.0 Å². The molecule has 0 saturated carbocycles. The van der Waals surface area contributed by atoms with Gasteiger partial charge < -0.3 is 45.1 Å². The molecule has 0 aliphatic heterocycles. The molecule has 0 atom stereocenters. The van der Waals surface area contributed by atoms with Crippen molar-refractivity contribution in [3.63, 3.8) is 0 Å². The van der Waals surface area contributed by atoms with Gasteiger partial charge in [0.25, 0.3) is 6.47 Å². The van der Waals surface area contributed by atoms with E-state index in [4.69, 9.17) is 52.4 Å². The number of nitrogens with one attached hydrogen (secondary N) is 2. The van der Waals surface area contributed by atoms with E-state index in [0.717, 1.165) is 32.8 Å². The molecule has 0 unspecified atom stereocenters. The van der Waals surface area contributed by atoms with Gasteiger partial charge in [0.2, 0.25) is 23.6 Å². The van der Waals surface area contributed by atoms with Gasteiger partial charge in [-0.25, -0.2) is 11.7 Å². The van der Waals surface area contributed by atoms with Crippen molar-refractivity contribution in [2.45, 2.75) is 90.9 Å². The van der Waals surface area contributed by atoms with Crippen molar-refractivity contribution in [2.24, 2.45) is 23.4 Å². The van der Waals surface area contributed by atoms with E-state index >= 15 is 0 Å². The molecule has 0 bridgehead atoms. The van der Waals surface area contributed by atoms with Crippen LogP contribution < -0.4 is 102 Å². The Labute approximate surface area is 338 Å². The number of aryl methyl sites for hydroxylation is 2. The number of nitriles is 1. The summed E-state index contributed by atoms with van der Waals surface area (Å²) in [6.07, 6.45) is 7.60. The fraction of sp³-hybridized carbons (Fsp3) is 0.615. The molecule has 0 aromatic carbocycles. The number of nitrogens with zero attached hydrogens (tertiary/aromatic N) is 5. The van der Waals surface area contributed by atoms with Gasteiger partial charge in [0.05, 0.1) is 13.2 Å². The van der Waals surface area contributed by atoms with Gasteiger partial charge in [0.15, 0.2) is 0 Å². The maximum atomic E-state index is 10.6. The number of carbonyl (C=O) groups excluding carboxylic acids is 5. The van der Waals surface area contributed by atoms with Crippen molar-refractivity contribution in [3.8, 4) is 6.07 Å². The van der Waals surface area contributed by atoms with Crippen LogP contribution in [0.25, 0.3) is 0 Å². The largest absolute Gasteiger partial charge is 1.00 e. The van der Waals surface area contributed by atoms with Crippen LogP contribution in [0.15, 0.2) is 8.83 Å². The maximum absolute atomic E-state index is 10.6. The van der Waals surface area contributed by atoms with Crippen LogP contribution in [0, 0.1) is 11.3 Å². The second-order valence-electron chi connectivity index (χ2n) is 8.52. The zero-order valence-electron chi connectivity index (χ0n) is 29.8. The van der Waals surface area contributed by atoms with Gasteiger partial charge in [-0.3, -0.25) is 41.7 Å². The number of hydrogen-bond donors (Lipinski definition) is 9. The molecular weight excluding hydrogens is 709 g/mol. The van der Waals surface area contributed by atoms with Crippen molar-refractivity contribution in [1.82, 2.24) is 31.2 Å². The Morgan fingerprint density at radius 1 is 0.824 bits per heavy atom. The number of nitrogen functional groups attached to an aromatic ring is 2. The summed E-state index contributed by atoms with van der Waals surface area (Å²) in [5, 5.41) is 37.4. The number of aliphatic hydroxyl groups excluding tert-OH is 1. The Balaban J connectivity index is -0.000000131. The molecule has 25 heteroatoms. The number of unbranched alkanes of at least 4 members (excludes halogenated alkanes) is 3. The van der Waals surface area contributed by atoms with Gasteiger partial charge in [-0.1, -0.05) is 10.2 Å². The minimum atomic E-state index is -0.219. The van der Waals surface area contributed by atoms with E-state index in [1.807, 2.05) is 10.9 Å². The number of rotatable bonds is 16. The van der Waals surface area contributed by atoms with E-state index in [1.165, 1.54) is 14.0 Å². The summed E-state index contributed by atoms with van der Waals surface area (Å²) in [6, 6.07) is 1.94. The van der Waals surface area contributed by atoms with Crippen LogP contribution in [-0.2, 0) is 46.4 Å². The monoisotopic (exact) mass is 761 g/mol. The summed E-state index contributed by atoms with van der Waals surface area (Å²) >= 11 is 0. The number of aromatic nitrogens is 4. The predicted molar refractivity (Wildman–Crippen MR) is 173 cm³/mol. The molecule has 2 rings (SSSR count). The standard InChI is InChI=1S/C8H12N6O2.C8H14O3.C6H14N4O2.C2H3N.CH2O3.CH4O.K.H4N2/c9-7-13-11-5(15-7)3-1-2-4-6-12-14-8(10)16-6;1-7(9)5-3-4-6-8(10)11-2;7-9-5(11)3-1-2-4-6(12)10-8;1-2-3;2-1-4-3;1-2;;1-2/h1-4H2,(H2,9,13)(H2,10,14);3-6H2,1-2H3;1-4,7-8H2,(H,9,11)(H,10,12);1H3;1,3H;2H,1H3;;1-2H2/q;;;;;;+1;/p-1. The summed E-state index contributed by atoms with van der Waals surface area (Å²) < 4.78 is 14.5. The zero-order chi connectivity index (χ0) is 39.6. The van der Waals surface area contributed by atoms with Crippen molar-refractivity contribution < 1.29 is 104 Å². The SMILES string of the molecule is CC#N.CO.COC(=O)CCCCC(C)=O.NN.NNC(=O)CCCCC(=O)NN.Nc1nnc(CCCCc2nnc(N)o2)o1.O=CO[O-].[K+]. The third-order valence-corrected chi connectivity index (χ3v) is 4.80. The number of methoxy groups -OCH3 is 1. The van der Waals surface area contributed by atoms with Crippen LogP contribution in [0.3, 0.4) is 0 Å². The third kappa shape index (κ3) is 50.8.